The summed E-state index contributed by atoms with van der Waals surface area (Å²) in [5, 5.41) is 9.16. The molecule has 28 heavy (non-hydrogen) atoms. The van der Waals surface area contributed by atoms with Gasteiger partial charge in [0.25, 0.3) is 0 Å². The topological polar surface area (TPSA) is 88.2 Å². The molecule has 1 amide bonds. The van der Waals surface area contributed by atoms with Gasteiger partial charge < -0.3 is 20.7 Å². The maximum absolute atomic E-state index is 11.2. The Morgan fingerprint density at radius 3 is 2.57 bits per heavy atom. The highest BCUT2D eigenvalue weighted by molar-refractivity contribution is 5.89. The van der Waals surface area contributed by atoms with E-state index in [2.05, 4.69) is 25.9 Å². The second kappa shape index (κ2) is 8.85. The van der Waals surface area contributed by atoms with E-state index in [1.165, 1.54) is 6.92 Å². The fourth-order valence-electron chi connectivity index (χ4n) is 2.56. The number of hydrogen-bond acceptors (Lipinski definition) is 6. The lowest BCUT2D eigenvalue weighted by Crippen LogP contribution is -2.08. The molecule has 3 aromatic rings. The summed E-state index contributed by atoms with van der Waals surface area (Å²) in [5.74, 6) is 1.71. The number of nitrogens with one attached hydrogen (secondary N) is 3. The fourth-order valence-corrected chi connectivity index (χ4v) is 2.56. The van der Waals surface area contributed by atoms with Crippen molar-refractivity contribution in [1.82, 2.24) is 9.97 Å². The van der Waals surface area contributed by atoms with Crippen molar-refractivity contribution in [3.63, 3.8) is 0 Å². The van der Waals surface area contributed by atoms with Crippen LogP contribution in [-0.4, -0.2) is 22.0 Å². The van der Waals surface area contributed by atoms with Crippen LogP contribution in [0.25, 0.3) is 0 Å². The largest absolute Gasteiger partial charge is 0.489 e. The van der Waals surface area contributed by atoms with Gasteiger partial charge in [0.15, 0.2) is 0 Å². The second-order valence-corrected chi connectivity index (χ2v) is 6.44. The number of anilines is 5. The molecule has 0 unspecified atom stereocenters. The van der Waals surface area contributed by atoms with Crippen molar-refractivity contribution in [3.05, 3.63) is 60.8 Å². The second-order valence-electron chi connectivity index (χ2n) is 6.44. The van der Waals surface area contributed by atoms with Gasteiger partial charge >= 0.3 is 0 Å². The van der Waals surface area contributed by atoms with E-state index < -0.39 is 0 Å². The molecule has 3 N–H and O–H groups in total. The lowest BCUT2D eigenvalue weighted by atomic mass is 10.2. The number of aromatic nitrogens is 2. The summed E-state index contributed by atoms with van der Waals surface area (Å²) in [7, 11) is 0. The van der Waals surface area contributed by atoms with Crippen molar-refractivity contribution in [2.45, 2.75) is 26.9 Å². The van der Waals surface area contributed by atoms with E-state index in [4.69, 9.17) is 4.74 Å². The maximum Gasteiger partial charge on any atom is 0.229 e. The van der Waals surface area contributed by atoms with Gasteiger partial charge in [0.1, 0.15) is 11.6 Å². The van der Waals surface area contributed by atoms with Crippen LogP contribution in [-0.2, 0) is 4.79 Å². The first kappa shape index (κ1) is 19.2. The number of hydrogen-bond donors (Lipinski definition) is 3. The molecule has 0 aliphatic rings. The Bertz CT molecular complexity index is 959. The third kappa shape index (κ3) is 5.44. The van der Waals surface area contributed by atoms with E-state index in [0.717, 1.165) is 17.1 Å². The van der Waals surface area contributed by atoms with E-state index in [0.29, 0.717) is 17.5 Å². The fraction of sp³-hybridized carbons (Fsp3) is 0.190. The Morgan fingerprint density at radius 1 is 1.00 bits per heavy atom. The molecule has 144 valence electrons. The van der Waals surface area contributed by atoms with E-state index in [9.17, 15) is 4.79 Å². The number of carbonyl (C=O) groups excluding carboxylic acids is 1. The molecule has 3 rings (SSSR count). The lowest BCUT2D eigenvalue weighted by Gasteiger charge is -2.15. The first-order chi connectivity index (χ1) is 13.5. The maximum atomic E-state index is 11.2. The van der Waals surface area contributed by atoms with Crippen molar-refractivity contribution < 1.29 is 9.53 Å². The highest BCUT2D eigenvalue weighted by Gasteiger charge is 2.07. The first-order valence-electron chi connectivity index (χ1n) is 9.00. The van der Waals surface area contributed by atoms with Crippen LogP contribution in [0.2, 0.25) is 0 Å². The number of nitrogens with zero attached hydrogens (tertiary/aromatic N) is 2. The number of amides is 1. The van der Waals surface area contributed by atoms with Gasteiger partial charge in [0.2, 0.25) is 11.9 Å². The summed E-state index contributed by atoms with van der Waals surface area (Å²) in [6.45, 7) is 5.44. The van der Waals surface area contributed by atoms with E-state index in [1.807, 2.05) is 62.4 Å². The Hall–Kier alpha value is -3.61. The summed E-state index contributed by atoms with van der Waals surface area (Å²) in [5.41, 5.74) is 2.30. The van der Waals surface area contributed by atoms with Crippen LogP contribution in [0, 0.1) is 0 Å². The van der Waals surface area contributed by atoms with E-state index in [-0.39, 0.29) is 12.0 Å². The van der Waals surface area contributed by atoms with Gasteiger partial charge in [-0.3, -0.25) is 4.79 Å². The highest BCUT2D eigenvalue weighted by atomic mass is 16.5. The van der Waals surface area contributed by atoms with Gasteiger partial charge in [-0.25, -0.2) is 4.98 Å². The Morgan fingerprint density at radius 2 is 1.79 bits per heavy atom. The zero-order chi connectivity index (χ0) is 19.9. The molecule has 0 radical (unpaired) electrons. The van der Waals surface area contributed by atoms with Crippen LogP contribution >= 0.6 is 0 Å². The van der Waals surface area contributed by atoms with Gasteiger partial charge in [0, 0.05) is 24.5 Å². The van der Waals surface area contributed by atoms with E-state index in [1.54, 1.807) is 12.3 Å². The molecule has 0 spiro atoms. The smallest absolute Gasteiger partial charge is 0.229 e. The predicted octanol–water partition coefficient (Wildman–Crippen LogP) is 4.71. The SMILES string of the molecule is CC(=O)Nc1cccc(Nc2nccc(Nc3ccccc3OC(C)C)n2)c1. The number of rotatable bonds is 7. The van der Waals surface area contributed by atoms with Crippen molar-refractivity contribution in [1.29, 1.82) is 0 Å². The quantitative estimate of drug-likeness (QED) is 0.553. The van der Waals surface area contributed by atoms with E-state index >= 15 is 0 Å². The third-order valence-electron chi connectivity index (χ3n) is 3.61. The van der Waals surface area contributed by atoms with Gasteiger partial charge in [-0.15, -0.1) is 0 Å². The Kier molecular flexibility index (Phi) is 6.06. The molecule has 0 aliphatic carbocycles. The lowest BCUT2D eigenvalue weighted by molar-refractivity contribution is -0.114. The molecular formula is C21H23N5O2. The molecule has 0 bridgehead atoms. The molecule has 0 fully saturated rings. The van der Waals surface area contributed by atoms with Crippen molar-refractivity contribution in [2.75, 3.05) is 16.0 Å². The molecule has 2 aromatic carbocycles. The number of carbonyl (C=O) groups is 1. The summed E-state index contributed by atoms with van der Waals surface area (Å²) >= 11 is 0. The van der Waals surface area contributed by atoms with Crippen molar-refractivity contribution >= 4 is 34.7 Å². The van der Waals surface area contributed by atoms with Crippen LogP contribution in [0.5, 0.6) is 5.75 Å². The van der Waals surface area contributed by atoms with Crippen LogP contribution in [0.15, 0.2) is 60.8 Å². The van der Waals surface area contributed by atoms with Gasteiger partial charge in [0.05, 0.1) is 11.8 Å². The summed E-state index contributed by atoms with van der Waals surface area (Å²) < 4.78 is 5.83. The van der Waals surface area contributed by atoms with Crippen molar-refractivity contribution in [2.24, 2.45) is 0 Å². The zero-order valence-corrected chi connectivity index (χ0v) is 16.1. The van der Waals surface area contributed by atoms with Gasteiger partial charge in [-0.05, 0) is 50.2 Å². The Balaban J connectivity index is 1.76. The average molecular weight is 377 g/mol. The van der Waals surface area contributed by atoms with Gasteiger partial charge in [-0.2, -0.15) is 4.98 Å². The molecule has 7 heteroatoms. The molecular weight excluding hydrogens is 354 g/mol. The molecule has 0 saturated heterocycles. The highest BCUT2D eigenvalue weighted by Crippen LogP contribution is 2.28. The van der Waals surface area contributed by atoms with Crippen LogP contribution in [0.4, 0.5) is 28.8 Å². The summed E-state index contributed by atoms with van der Waals surface area (Å²) in [6, 6.07) is 16.8. The minimum Gasteiger partial charge on any atom is -0.489 e. The summed E-state index contributed by atoms with van der Waals surface area (Å²) in [4.78, 5) is 20.0. The molecule has 1 aromatic heterocycles. The zero-order valence-electron chi connectivity index (χ0n) is 16.1. The number of benzene rings is 2. The number of ether oxygens (including phenoxy) is 1. The van der Waals surface area contributed by atoms with Crippen LogP contribution in [0.1, 0.15) is 20.8 Å². The molecule has 0 aliphatic heterocycles. The monoisotopic (exact) mass is 377 g/mol. The molecule has 0 saturated carbocycles. The molecule has 1 heterocycles. The van der Waals surface area contributed by atoms with Crippen LogP contribution in [0.3, 0.4) is 0 Å². The standard InChI is InChI=1S/C21H23N5O2/c1-14(2)28-19-10-5-4-9-18(19)25-20-11-12-22-21(26-20)24-17-8-6-7-16(13-17)23-15(3)27/h4-14H,1-3H3,(H,23,27)(H2,22,24,25,26). The third-order valence-corrected chi connectivity index (χ3v) is 3.61. The molecule has 7 nitrogen and oxygen atoms in total. The number of para-hydroxylation sites is 2. The summed E-state index contributed by atoms with van der Waals surface area (Å²) in [6.07, 6.45) is 1.74. The average Bonchev–Trinajstić information content (AvgIpc) is 2.63. The van der Waals surface area contributed by atoms with Crippen LogP contribution < -0.4 is 20.7 Å². The minimum atomic E-state index is -0.123. The first-order valence-corrected chi connectivity index (χ1v) is 9.00. The predicted molar refractivity (Wildman–Crippen MR) is 112 cm³/mol. The van der Waals surface area contributed by atoms with Gasteiger partial charge in [-0.1, -0.05) is 18.2 Å². The molecule has 0 atom stereocenters. The minimum absolute atomic E-state index is 0.0708. The van der Waals surface area contributed by atoms with Crippen molar-refractivity contribution in [3.8, 4) is 5.75 Å². The normalized spacial score (nSPS) is 10.4. The Labute approximate surface area is 164 Å².